The van der Waals surface area contributed by atoms with Gasteiger partial charge in [0.1, 0.15) is 12.4 Å². The Balaban J connectivity index is 2.09. The van der Waals surface area contributed by atoms with E-state index in [1.165, 1.54) is 0 Å². The Hall–Kier alpha value is -2.38. The lowest BCUT2D eigenvalue weighted by atomic mass is 10.1. The van der Waals surface area contributed by atoms with Crippen molar-refractivity contribution in [1.82, 2.24) is 4.90 Å². The standard InChI is InChI=1S/C23H29BrN2O4/c1-4-11-26(12-5-2)23(28)18-7-6-8-19(15-18)25-22(27)17-9-10-21(20(24)16-17)30-14-13-29-3/h6-10,15-16H,4-5,11-14H2,1-3H3,(H,25,27). The number of carbonyl (C=O) groups is 2. The van der Waals surface area contributed by atoms with Crippen LogP contribution in [0.1, 0.15) is 47.4 Å². The molecule has 2 amide bonds. The molecule has 0 spiro atoms. The van der Waals surface area contributed by atoms with Gasteiger partial charge in [0, 0.05) is 37.0 Å². The molecule has 2 aromatic rings. The summed E-state index contributed by atoms with van der Waals surface area (Å²) in [6, 6.07) is 12.2. The monoisotopic (exact) mass is 476 g/mol. The zero-order valence-electron chi connectivity index (χ0n) is 17.7. The van der Waals surface area contributed by atoms with Crippen LogP contribution in [0.2, 0.25) is 0 Å². The van der Waals surface area contributed by atoms with E-state index in [-0.39, 0.29) is 11.8 Å². The van der Waals surface area contributed by atoms with Crippen LogP contribution in [0.5, 0.6) is 5.75 Å². The van der Waals surface area contributed by atoms with E-state index in [1.54, 1.807) is 49.6 Å². The average molecular weight is 477 g/mol. The van der Waals surface area contributed by atoms with E-state index in [9.17, 15) is 9.59 Å². The molecule has 0 unspecified atom stereocenters. The summed E-state index contributed by atoms with van der Waals surface area (Å²) in [5.41, 5.74) is 1.63. The minimum Gasteiger partial charge on any atom is -0.490 e. The summed E-state index contributed by atoms with van der Waals surface area (Å²) in [7, 11) is 1.61. The minimum atomic E-state index is -0.261. The quantitative estimate of drug-likeness (QED) is 0.463. The van der Waals surface area contributed by atoms with Gasteiger partial charge < -0.3 is 19.7 Å². The maximum Gasteiger partial charge on any atom is 0.255 e. The van der Waals surface area contributed by atoms with Crippen molar-refractivity contribution in [2.45, 2.75) is 26.7 Å². The summed E-state index contributed by atoms with van der Waals surface area (Å²) < 4.78 is 11.2. The molecule has 6 nitrogen and oxygen atoms in total. The number of hydrogen-bond acceptors (Lipinski definition) is 4. The molecule has 0 atom stereocenters. The van der Waals surface area contributed by atoms with Crippen molar-refractivity contribution < 1.29 is 19.1 Å². The second kappa shape index (κ2) is 12.3. The van der Waals surface area contributed by atoms with Gasteiger partial charge in [-0.25, -0.2) is 0 Å². The van der Waals surface area contributed by atoms with Crippen molar-refractivity contribution in [2.75, 3.05) is 38.7 Å². The first-order valence-electron chi connectivity index (χ1n) is 10.1. The first kappa shape index (κ1) is 23.9. The first-order chi connectivity index (χ1) is 14.5. The number of halogens is 1. The van der Waals surface area contributed by atoms with Crippen LogP contribution in [0.25, 0.3) is 0 Å². The van der Waals surface area contributed by atoms with E-state index in [2.05, 4.69) is 35.1 Å². The summed E-state index contributed by atoms with van der Waals surface area (Å²) in [6.07, 6.45) is 1.81. The topological polar surface area (TPSA) is 67.9 Å². The van der Waals surface area contributed by atoms with Gasteiger partial charge in [-0.15, -0.1) is 0 Å². The molecule has 0 bridgehead atoms. The lowest BCUT2D eigenvalue weighted by molar-refractivity contribution is 0.0755. The predicted molar refractivity (Wildman–Crippen MR) is 122 cm³/mol. The van der Waals surface area contributed by atoms with Crippen molar-refractivity contribution in [3.8, 4) is 5.75 Å². The summed E-state index contributed by atoms with van der Waals surface area (Å²) in [5, 5.41) is 2.86. The maximum atomic E-state index is 12.8. The maximum absolute atomic E-state index is 12.8. The number of ether oxygens (including phenoxy) is 2. The lowest BCUT2D eigenvalue weighted by Gasteiger charge is -2.21. The van der Waals surface area contributed by atoms with Crippen LogP contribution in [-0.2, 0) is 4.74 Å². The Morgan fingerprint density at radius 3 is 2.37 bits per heavy atom. The van der Waals surface area contributed by atoms with Crippen molar-refractivity contribution in [1.29, 1.82) is 0 Å². The molecular formula is C23H29BrN2O4. The first-order valence-corrected chi connectivity index (χ1v) is 10.9. The van der Waals surface area contributed by atoms with Gasteiger partial charge in [0.15, 0.2) is 0 Å². The molecule has 162 valence electrons. The van der Waals surface area contributed by atoms with Crippen molar-refractivity contribution in [3.05, 3.63) is 58.1 Å². The molecule has 0 aliphatic carbocycles. The van der Waals surface area contributed by atoms with Crippen molar-refractivity contribution in [3.63, 3.8) is 0 Å². The van der Waals surface area contributed by atoms with E-state index in [1.807, 2.05) is 4.90 Å². The average Bonchev–Trinajstić information content (AvgIpc) is 2.74. The van der Waals surface area contributed by atoms with E-state index in [0.717, 1.165) is 25.9 Å². The van der Waals surface area contributed by atoms with Gasteiger partial charge in [-0.3, -0.25) is 9.59 Å². The third-order valence-electron chi connectivity index (χ3n) is 4.38. The number of hydrogen-bond donors (Lipinski definition) is 1. The molecule has 0 heterocycles. The molecule has 0 aliphatic heterocycles. The van der Waals surface area contributed by atoms with Crippen LogP contribution in [0, 0.1) is 0 Å². The second-order valence-corrected chi connectivity index (χ2v) is 7.67. The number of benzene rings is 2. The number of nitrogens with zero attached hydrogens (tertiary/aromatic N) is 1. The highest BCUT2D eigenvalue weighted by molar-refractivity contribution is 9.10. The number of nitrogens with one attached hydrogen (secondary N) is 1. The molecule has 0 saturated heterocycles. The number of anilines is 1. The minimum absolute atomic E-state index is 0.0184. The normalized spacial score (nSPS) is 10.5. The van der Waals surface area contributed by atoms with E-state index < -0.39 is 0 Å². The smallest absolute Gasteiger partial charge is 0.255 e. The second-order valence-electron chi connectivity index (χ2n) is 6.81. The summed E-state index contributed by atoms with van der Waals surface area (Å²) in [4.78, 5) is 27.3. The van der Waals surface area contributed by atoms with Crippen LogP contribution in [-0.4, -0.2) is 50.1 Å². The Morgan fingerprint density at radius 1 is 1.00 bits per heavy atom. The Bertz CT molecular complexity index is 851. The lowest BCUT2D eigenvalue weighted by Crippen LogP contribution is -2.32. The molecule has 2 aromatic carbocycles. The van der Waals surface area contributed by atoms with Crippen LogP contribution >= 0.6 is 15.9 Å². The molecular weight excluding hydrogens is 448 g/mol. The molecule has 1 N–H and O–H groups in total. The van der Waals surface area contributed by atoms with Gasteiger partial charge in [-0.2, -0.15) is 0 Å². The molecule has 7 heteroatoms. The predicted octanol–water partition coefficient (Wildman–Crippen LogP) is 4.99. The fourth-order valence-corrected chi connectivity index (χ4v) is 3.46. The van der Waals surface area contributed by atoms with Crippen LogP contribution < -0.4 is 10.1 Å². The molecule has 2 rings (SSSR count). The van der Waals surface area contributed by atoms with E-state index >= 15 is 0 Å². The summed E-state index contributed by atoms with van der Waals surface area (Å²) in [5.74, 6) is 0.362. The highest BCUT2D eigenvalue weighted by Gasteiger charge is 2.15. The third kappa shape index (κ3) is 6.85. The van der Waals surface area contributed by atoms with Crippen molar-refractivity contribution >= 4 is 33.4 Å². The number of amides is 2. The Labute approximate surface area is 186 Å². The van der Waals surface area contributed by atoms with Gasteiger partial charge in [0.25, 0.3) is 11.8 Å². The van der Waals surface area contributed by atoms with Gasteiger partial charge >= 0.3 is 0 Å². The highest BCUT2D eigenvalue weighted by Crippen LogP contribution is 2.26. The zero-order valence-corrected chi connectivity index (χ0v) is 19.3. The molecule has 0 aliphatic rings. The highest BCUT2D eigenvalue weighted by atomic mass is 79.9. The van der Waals surface area contributed by atoms with E-state index in [0.29, 0.717) is 40.3 Å². The fraction of sp³-hybridized carbons (Fsp3) is 0.391. The van der Waals surface area contributed by atoms with Crippen molar-refractivity contribution in [2.24, 2.45) is 0 Å². The Kier molecular flexibility index (Phi) is 9.83. The van der Waals surface area contributed by atoms with Crippen LogP contribution in [0.3, 0.4) is 0 Å². The number of carbonyl (C=O) groups excluding carboxylic acids is 2. The molecule has 30 heavy (non-hydrogen) atoms. The van der Waals surface area contributed by atoms with Crippen LogP contribution in [0.4, 0.5) is 5.69 Å². The fourth-order valence-electron chi connectivity index (χ4n) is 2.96. The summed E-state index contributed by atoms with van der Waals surface area (Å²) >= 11 is 3.43. The molecule has 0 aromatic heterocycles. The number of methoxy groups -OCH3 is 1. The van der Waals surface area contributed by atoms with Gasteiger partial charge in [-0.1, -0.05) is 19.9 Å². The zero-order chi connectivity index (χ0) is 21.9. The van der Waals surface area contributed by atoms with E-state index in [4.69, 9.17) is 9.47 Å². The van der Waals surface area contributed by atoms with Crippen LogP contribution in [0.15, 0.2) is 46.9 Å². The van der Waals surface area contributed by atoms with Gasteiger partial charge in [-0.05, 0) is 65.2 Å². The van der Waals surface area contributed by atoms with Gasteiger partial charge in [0.05, 0.1) is 11.1 Å². The SMILES string of the molecule is CCCN(CCC)C(=O)c1cccc(NC(=O)c2ccc(OCCOC)c(Br)c2)c1. The third-order valence-corrected chi connectivity index (χ3v) is 5.00. The Morgan fingerprint density at radius 2 is 1.73 bits per heavy atom. The molecule has 0 saturated carbocycles. The summed E-state index contributed by atoms with van der Waals surface area (Å²) in [6.45, 7) is 6.45. The largest absolute Gasteiger partial charge is 0.490 e. The molecule has 0 fully saturated rings. The van der Waals surface area contributed by atoms with Gasteiger partial charge in [0.2, 0.25) is 0 Å². The number of rotatable bonds is 11. The molecule has 0 radical (unpaired) electrons.